The van der Waals surface area contributed by atoms with E-state index in [9.17, 15) is 0 Å². The molecule has 0 saturated heterocycles. The standard InChI is InChI=1S/C13H23N3O2/c1-3-16(8-9-17)13-12(5-4-6-15-13)11-14-7-10-18-2/h4-6,14,17H,3,7-11H2,1-2H3. The normalized spacial score (nSPS) is 10.6. The lowest BCUT2D eigenvalue weighted by atomic mass is 10.2. The molecule has 0 aliphatic heterocycles. The molecule has 0 radical (unpaired) electrons. The Morgan fingerprint density at radius 2 is 2.33 bits per heavy atom. The van der Waals surface area contributed by atoms with Gasteiger partial charge in [-0.2, -0.15) is 0 Å². The van der Waals surface area contributed by atoms with Crippen LogP contribution in [0.2, 0.25) is 0 Å². The van der Waals surface area contributed by atoms with Gasteiger partial charge in [0, 0.05) is 45.0 Å². The van der Waals surface area contributed by atoms with Crippen molar-refractivity contribution in [2.24, 2.45) is 0 Å². The Morgan fingerprint density at radius 1 is 1.50 bits per heavy atom. The number of aliphatic hydroxyl groups is 1. The number of hydrogen-bond donors (Lipinski definition) is 2. The van der Waals surface area contributed by atoms with Gasteiger partial charge in [0.15, 0.2) is 0 Å². The smallest absolute Gasteiger partial charge is 0.133 e. The minimum atomic E-state index is 0.140. The van der Waals surface area contributed by atoms with Crippen LogP contribution in [0.4, 0.5) is 5.82 Å². The van der Waals surface area contributed by atoms with E-state index < -0.39 is 0 Å². The third-order valence-electron chi connectivity index (χ3n) is 2.72. The molecule has 0 aromatic carbocycles. The molecule has 0 fully saturated rings. The number of aliphatic hydroxyl groups excluding tert-OH is 1. The van der Waals surface area contributed by atoms with Crippen LogP contribution in [-0.4, -0.2) is 50.0 Å². The van der Waals surface area contributed by atoms with E-state index in [1.807, 2.05) is 6.07 Å². The van der Waals surface area contributed by atoms with Crippen molar-refractivity contribution in [3.05, 3.63) is 23.9 Å². The molecule has 0 unspecified atom stereocenters. The molecule has 1 heterocycles. The van der Waals surface area contributed by atoms with Crippen molar-refractivity contribution in [1.82, 2.24) is 10.3 Å². The maximum atomic E-state index is 9.06. The van der Waals surface area contributed by atoms with E-state index >= 15 is 0 Å². The molecular weight excluding hydrogens is 230 g/mol. The van der Waals surface area contributed by atoms with Gasteiger partial charge in [-0.1, -0.05) is 6.07 Å². The van der Waals surface area contributed by atoms with Gasteiger partial charge < -0.3 is 20.1 Å². The maximum absolute atomic E-state index is 9.06. The number of ether oxygens (including phenoxy) is 1. The third kappa shape index (κ3) is 4.60. The van der Waals surface area contributed by atoms with E-state index in [0.29, 0.717) is 13.2 Å². The number of methoxy groups -OCH3 is 1. The van der Waals surface area contributed by atoms with E-state index in [1.54, 1.807) is 13.3 Å². The van der Waals surface area contributed by atoms with Gasteiger partial charge in [-0.15, -0.1) is 0 Å². The molecule has 1 aromatic heterocycles. The zero-order valence-electron chi connectivity index (χ0n) is 11.2. The number of rotatable bonds is 9. The summed E-state index contributed by atoms with van der Waals surface area (Å²) in [4.78, 5) is 6.49. The molecule has 1 aromatic rings. The van der Waals surface area contributed by atoms with Crippen molar-refractivity contribution >= 4 is 5.82 Å². The fraction of sp³-hybridized carbons (Fsp3) is 0.615. The molecule has 2 N–H and O–H groups in total. The molecule has 5 nitrogen and oxygen atoms in total. The molecule has 0 atom stereocenters. The van der Waals surface area contributed by atoms with Crippen LogP contribution in [0.15, 0.2) is 18.3 Å². The first kappa shape index (κ1) is 14.9. The zero-order valence-corrected chi connectivity index (χ0v) is 11.2. The first-order valence-electron chi connectivity index (χ1n) is 6.32. The second kappa shape index (κ2) is 8.85. The molecule has 18 heavy (non-hydrogen) atoms. The first-order chi connectivity index (χ1) is 8.83. The second-order valence-electron chi connectivity index (χ2n) is 3.96. The monoisotopic (exact) mass is 253 g/mol. The van der Waals surface area contributed by atoms with E-state index in [4.69, 9.17) is 9.84 Å². The number of nitrogens with one attached hydrogen (secondary N) is 1. The molecule has 0 bridgehead atoms. The lowest BCUT2D eigenvalue weighted by Gasteiger charge is -2.23. The van der Waals surface area contributed by atoms with E-state index in [0.717, 1.165) is 31.0 Å². The lowest BCUT2D eigenvalue weighted by Crippen LogP contribution is -2.29. The van der Waals surface area contributed by atoms with Crippen molar-refractivity contribution in [2.75, 3.05) is 44.9 Å². The molecule has 0 amide bonds. The minimum Gasteiger partial charge on any atom is -0.395 e. The molecular formula is C13H23N3O2. The van der Waals surface area contributed by atoms with Crippen LogP contribution in [-0.2, 0) is 11.3 Å². The molecule has 0 aliphatic rings. The number of nitrogens with zero attached hydrogens (tertiary/aromatic N) is 2. The van der Waals surface area contributed by atoms with Crippen molar-refractivity contribution in [3.8, 4) is 0 Å². The number of hydrogen-bond acceptors (Lipinski definition) is 5. The highest BCUT2D eigenvalue weighted by molar-refractivity contribution is 5.46. The number of anilines is 1. The van der Waals surface area contributed by atoms with Gasteiger partial charge in [0.2, 0.25) is 0 Å². The van der Waals surface area contributed by atoms with Crippen molar-refractivity contribution in [2.45, 2.75) is 13.5 Å². The predicted molar refractivity (Wildman–Crippen MR) is 72.8 cm³/mol. The topological polar surface area (TPSA) is 57.6 Å². The summed E-state index contributed by atoms with van der Waals surface area (Å²) in [6, 6.07) is 3.99. The lowest BCUT2D eigenvalue weighted by molar-refractivity contribution is 0.199. The van der Waals surface area contributed by atoms with Crippen molar-refractivity contribution in [3.63, 3.8) is 0 Å². The second-order valence-corrected chi connectivity index (χ2v) is 3.96. The van der Waals surface area contributed by atoms with Gasteiger partial charge in [-0.3, -0.25) is 0 Å². The summed E-state index contributed by atoms with van der Waals surface area (Å²) in [6.07, 6.45) is 1.79. The van der Waals surface area contributed by atoms with Crippen molar-refractivity contribution in [1.29, 1.82) is 0 Å². The third-order valence-corrected chi connectivity index (χ3v) is 2.72. The van der Waals surface area contributed by atoms with Crippen LogP contribution in [0.3, 0.4) is 0 Å². The number of likely N-dealkylation sites (N-methyl/N-ethyl adjacent to an activating group) is 1. The summed E-state index contributed by atoms with van der Waals surface area (Å²) in [5, 5.41) is 12.4. The highest BCUT2D eigenvalue weighted by atomic mass is 16.5. The van der Waals surface area contributed by atoms with E-state index in [1.165, 1.54) is 0 Å². The zero-order chi connectivity index (χ0) is 13.2. The summed E-state index contributed by atoms with van der Waals surface area (Å²) in [5.41, 5.74) is 1.14. The van der Waals surface area contributed by atoms with Gasteiger partial charge in [-0.25, -0.2) is 4.98 Å². The largest absolute Gasteiger partial charge is 0.395 e. The molecule has 5 heteroatoms. The van der Waals surface area contributed by atoms with Crippen molar-refractivity contribution < 1.29 is 9.84 Å². The molecule has 0 spiro atoms. The Bertz CT molecular complexity index is 334. The Kier molecular flexibility index (Phi) is 7.32. The van der Waals surface area contributed by atoms with Crippen LogP contribution in [0.5, 0.6) is 0 Å². The number of aromatic nitrogens is 1. The average molecular weight is 253 g/mol. The molecule has 0 saturated carbocycles. The Hall–Kier alpha value is -1.17. The maximum Gasteiger partial charge on any atom is 0.133 e. The van der Waals surface area contributed by atoms with E-state index in [-0.39, 0.29) is 6.61 Å². The molecule has 102 valence electrons. The highest BCUT2D eigenvalue weighted by Gasteiger charge is 2.09. The van der Waals surface area contributed by atoms with E-state index in [2.05, 4.69) is 28.2 Å². The Balaban J connectivity index is 2.65. The molecule has 1 rings (SSSR count). The Morgan fingerprint density at radius 3 is 3.00 bits per heavy atom. The summed E-state index contributed by atoms with van der Waals surface area (Å²) in [7, 11) is 1.69. The fourth-order valence-electron chi connectivity index (χ4n) is 1.78. The van der Waals surface area contributed by atoms with Crippen LogP contribution >= 0.6 is 0 Å². The van der Waals surface area contributed by atoms with Crippen LogP contribution in [0.1, 0.15) is 12.5 Å². The van der Waals surface area contributed by atoms with Crippen LogP contribution in [0, 0.1) is 0 Å². The van der Waals surface area contributed by atoms with Gasteiger partial charge in [-0.05, 0) is 13.0 Å². The summed E-state index contributed by atoms with van der Waals surface area (Å²) < 4.78 is 5.00. The van der Waals surface area contributed by atoms with Gasteiger partial charge in [0.05, 0.1) is 13.2 Å². The summed E-state index contributed by atoms with van der Waals surface area (Å²) in [5.74, 6) is 0.943. The average Bonchev–Trinajstić information content (AvgIpc) is 2.42. The fourth-order valence-corrected chi connectivity index (χ4v) is 1.78. The van der Waals surface area contributed by atoms with Crippen LogP contribution in [0.25, 0.3) is 0 Å². The number of pyridine rings is 1. The highest BCUT2D eigenvalue weighted by Crippen LogP contribution is 2.16. The summed E-state index contributed by atoms with van der Waals surface area (Å²) in [6.45, 7) is 5.92. The predicted octanol–water partition coefficient (Wildman–Crippen LogP) is 0.636. The SMILES string of the molecule is CCN(CCO)c1ncccc1CNCCOC. The quantitative estimate of drug-likeness (QED) is 0.632. The van der Waals surface area contributed by atoms with Gasteiger partial charge in [0.1, 0.15) is 5.82 Å². The minimum absolute atomic E-state index is 0.140. The van der Waals surface area contributed by atoms with Gasteiger partial charge in [0.25, 0.3) is 0 Å². The molecule has 0 aliphatic carbocycles. The first-order valence-corrected chi connectivity index (χ1v) is 6.32. The Labute approximate surface area is 109 Å². The van der Waals surface area contributed by atoms with Gasteiger partial charge >= 0.3 is 0 Å². The summed E-state index contributed by atoms with van der Waals surface area (Å²) >= 11 is 0. The van der Waals surface area contributed by atoms with Crippen LogP contribution < -0.4 is 10.2 Å².